The average molecular weight is 300 g/mol. The lowest BCUT2D eigenvalue weighted by Gasteiger charge is -2.18. The highest BCUT2D eigenvalue weighted by Gasteiger charge is 2.37. The summed E-state index contributed by atoms with van der Waals surface area (Å²) >= 11 is 0. The zero-order valence-corrected chi connectivity index (χ0v) is 12.6. The molecule has 0 saturated heterocycles. The third-order valence-corrected chi connectivity index (χ3v) is 5.42. The quantitative estimate of drug-likeness (QED) is 0.832. The van der Waals surface area contributed by atoms with Gasteiger partial charge in [0.2, 0.25) is 10.0 Å². The van der Waals surface area contributed by atoms with E-state index in [1.807, 2.05) is 6.92 Å². The molecule has 1 aromatic heterocycles. The Morgan fingerprint density at radius 3 is 2.55 bits per heavy atom. The predicted octanol–water partition coefficient (Wildman–Crippen LogP) is 1.77. The van der Waals surface area contributed by atoms with E-state index in [1.165, 1.54) is 21.1 Å². The van der Waals surface area contributed by atoms with Gasteiger partial charge < -0.3 is 9.67 Å². The molecule has 0 unspecified atom stereocenters. The Hall–Kier alpha value is -1.34. The molecular weight excluding hydrogens is 280 g/mol. The normalized spacial score (nSPS) is 15.8. The zero-order chi connectivity index (χ0) is 14.9. The molecule has 1 aliphatic rings. The molecule has 7 heteroatoms. The molecule has 1 N–H and O–H groups in total. The molecule has 0 atom stereocenters. The zero-order valence-electron chi connectivity index (χ0n) is 11.7. The molecule has 0 amide bonds. The second kappa shape index (κ2) is 5.57. The largest absolute Gasteiger partial charge is 0.477 e. The molecule has 1 aliphatic carbocycles. The Kier molecular flexibility index (Phi) is 4.19. The lowest BCUT2D eigenvalue weighted by molar-refractivity contribution is 0.0685. The topological polar surface area (TPSA) is 79.6 Å². The van der Waals surface area contributed by atoms with Crippen LogP contribution in [0, 0.1) is 0 Å². The molecule has 112 valence electrons. The first-order valence-electron chi connectivity index (χ1n) is 6.87. The first kappa shape index (κ1) is 15.1. The summed E-state index contributed by atoms with van der Waals surface area (Å²) in [6.07, 6.45) is 3.95. The molecule has 2 rings (SSSR count). The fourth-order valence-electron chi connectivity index (χ4n) is 2.35. The number of aryl methyl sites for hydroxylation is 1. The minimum Gasteiger partial charge on any atom is -0.477 e. The number of aromatic carboxylic acids is 1. The molecule has 0 aromatic carbocycles. The van der Waals surface area contributed by atoms with Crippen LogP contribution in [-0.2, 0) is 16.6 Å². The summed E-state index contributed by atoms with van der Waals surface area (Å²) in [5.74, 6) is -1.10. The molecule has 20 heavy (non-hydrogen) atoms. The number of carboxylic acid groups (broad SMARTS) is 1. The van der Waals surface area contributed by atoms with E-state index in [9.17, 15) is 13.2 Å². The Balaban J connectivity index is 2.41. The Bertz CT molecular complexity index is 602. The van der Waals surface area contributed by atoms with Gasteiger partial charge in [0.15, 0.2) is 0 Å². The number of nitrogens with zero attached hydrogens (tertiary/aromatic N) is 2. The second-order valence-electron chi connectivity index (χ2n) is 5.00. The lowest BCUT2D eigenvalue weighted by Crippen LogP contribution is -2.32. The summed E-state index contributed by atoms with van der Waals surface area (Å²) in [6, 6.07) is 1.34. The van der Waals surface area contributed by atoms with Crippen molar-refractivity contribution in [2.24, 2.45) is 0 Å². The maximum absolute atomic E-state index is 12.6. The number of hydrogen-bond acceptors (Lipinski definition) is 3. The van der Waals surface area contributed by atoms with Crippen molar-refractivity contribution in [2.75, 3.05) is 6.54 Å². The van der Waals surface area contributed by atoms with E-state index < -0.39 is 16.0 Å². The third-order valence-electron chi connectivity index (χ3n) is 3.43. The third kappa shape index (κ3) is 2.73. The SMILES string of the molecule is CCCn1cc(S(=O)(=O)N(CC)C2CC2)cc1C(=O)O. The van der Waals surface area contributed by atoms with Gasteiger partial charge in [0.1, 0.15) is 10.6 Å². The molecule has 1 heterocycles. The van der Waals surface area contributed by atoms with Gasteiger partial charge in [-0.05, 0) is 25.3 Å². The highest BCUT2D eigenvalue weighted by atomic mass is 32.2. The highest BCUT2D eigenvalue weighted by molar-refractivity contribution is 7.89. The van der Waals surface area contributed by atoms with E-state index in [-0.39, 0.29) is 16.6 Å². The van der Waals surface area contributed by atoms with E-state index in [4.69, 9.17) is 5.11 Å². The van der Waals surface area contributed by atoms with Crippen molar-refractivity contribution in [3.8, 4) is 0 Å². The molecule has 0 radical (unpaired) electrons. The average Bonchev–Trinajstić information content (AvgIpc) is 3.09. The van der Waals surface area contributed by atoms with Crippen molar-refractivity contribution in [3.05, 3.63) is 18.0 Å². The summed E-state index contributed by atoms with van der Waals surface area (Å²) in [7, 11) is -3.59. The maximum atomic E-state index is 12.6. The van der Waals surface area contributed by atoms with Crippen molar-refractivity contribution >= 4 is 16.0 Å². The van der Waals surface area contributed by atoms with Crippen LogP contribution in [0.1, 0.15) is 43.6 Å². The molecule has 1 fully saturated rings. The first-order chi connectivity index (χ1) is 9.41. The van der Waals surface area contributed by atoms with Crippen LogP contribution in [0.2, 0.25) is 0 Å². The van der Waals surface area contributed by atoms with Crippen LogP contribution in [0.5, 0.6) is 0 Å². The van der Waals surface area contributed by atoms with Gasteiger partial charge in [0.05, 0.1) is 0 Å². The van der Waals surface area contributed by atoms with Crippen LogP contribution in [-0.4, -0.2) is 41.0 Å². The highest BCUT2D eigenvalue weighted by Crippen LogP contribution is 2.32. The first-order valence-corrected chi connectivity index (χ1v) is 8.31. The summed E-state index contributed by atoms with van der Waals surface area (Å²) in [5, 5.41) is 9.16. The number of sulfonamides is 1. The fourth-order valence-corrected chi connectivity index (χ4v) is 4.09. The van der Waals surface area contributed by atoms with Crippen LogP contribution < -0.4 is 0 Å². The fraction of sp³-hybridized carbons (Fsp3) is 0.615. The van der Waals surface area contributed by atoms with Crippen LogP contribution in [0.25, 0.3) is 0 Å². The van der Waals surface area contributed by atoms with E-state index in [0.717, 1.165) is 19.3 Å². The lowest BCUT2D eigenvalue weighted by atomic mass is 10.4. The van der Waals surface area contributed by atoms with Crippen molar-refractivity contribution in [1.29, 1.82) is 0 Å². The Labute approximate surface area is 119 Å². The Morgan fingerprint density at radius 2 is 2.10 bits per heavy atom. The number of hydrogen-bond donors (Lipinski definition) is 1. The smallest absolute Gasteiger partial charge is 0.352 e. The van der Waals surface area contributed by atoms with Gasteiger partial charge in [0.25, 0.3) is 0 Å². The summed E-state index contributed by atoms with van der Waals surface area (Å²) in [6.45, 7) is 4.63. The molecule has 6 nitrogen and oxygen atoms in total. The molecule has 1 saturated carbocycles. The van der Waals surface area contributed by atoms with Crippen molar-refractivity contribution in [1.82, 2.24) is 8.87 Å². The predicted molar refractivity (Wildman–Crippen MR) is 74.3 cm³/mol. The molecule has 1 aromatic rings. The van der Waals surface area contributed by atoms with Crippen molar-refractivity contribution in [3.63, 3.8) is 0 Å². The van der Waals surface area contributed by atoms with Gasteiger partial charge in [-0.3, -0.25) is 0 Å². The van der Waals surface area contributed by atoms with E-state index >= 15 is 0 Å². The van der Waals surface area contributed by atoms with Crippen LogP contribution in [0.4, 0.5) is 0 Å². The van der Waals surface area contributed by atoms with E-state index in [1.54, 1.807) is 6.92 Å². The Morgan fingerprint density at radius 1 is 1.45 bits per heavy atom. The minimum atomic E-state index is -3.59. The molecule has 0 bridgehead atoms. The van der Waals surface area contributed by atoms with E-state index in [0.29, 0.717) is 13.1 Å². The van der Waals surface area contributed by atoms with Crippen LogP contribution >= 0.6 is 0 Å². The molecule has 0 spiro atoms. The van der Waals surface area contributed by atoms with Gasteiger partial charge in [0, 0.05) is 25.3 Å². The summed E-state index contributed by atoms with van der Waals surface area (Å²) in [4.78, 5) is 11.3. The van der Waals surface area contributed by atoms with Gasteiger partial charge in [-0.15, -0.1) is 0 Å². The standard InChI is InChI=1S/C13H20N2O4S/c1-3-7-14-9-11(8-12(14)13(16)17)20(18,19)15(4-2)10-5-6-10/h8-10H,3-7H2,1-2H3,(H,16,17). The van der Waals surface area contributed by atoms with Gasteiger partial charge in [-0.25, -0.2) is 13.2 Å². The van der Waals surface area contributed by atoms with Gasteiger partial charge in [-0.2, -0.15) is 4.31 Å². The number of carbonyl (C=O) groups is 1. The van der Waals surface area contributed by atoms with Crippen LogP contribution in [0.15, 0.2) is 17.2 Å². The number of aromatic nitrogens is 1. The summed E-state index contributed by atoms with van der Waals surface area (Å²) in [5.41, 5.74) is 0.0253. The number of rotatable bonds is 7. The van der Waals surface area contributed by atoms with Gasteiger partial charge >= 0.3 is 5.97 Å². The summed E-state index contributed by atoms with van der Waals surface area (Å²) < 4.78 is 28.1. The van der Waals surface area contributed by atoms with E-state index in [2.05, 4.69) is 0 Å². The minimum absolute atomic E-state index is 0.0253. The monoisotopic (exact) mass is 300 g/mol. The molecule has 0 aliphatic heterocycles. The van der Waals surface area contributed by atoms with Gasteiger partial charge in [-0.1, -0.05) is 13.8 Å². The van der Waals surface area contributed by atoms with Crippen molar-refractivity contribution in [2.45, 2.75) is 50.6 Å². The van der Waals surface area contributed by atoms with Crippen molar-refractivity contribution < 1.29 is 18.3 Å². The molecular formula is C13H20N2O4S. The number of carboxylic acids is 1. The maximum Gasteiger partial charge on any atom is 0.352 e. The second-order valence-corrected chi connectivity index (χ2v) is 6.89. The van der Waals surface area contributed by atoms with Crippen LogP contribution in [0.3, 0.4) is 0 Å².